The van der Waals surface area contributed by atoms with Gasteiger partial charge in [0.1, 0.15) is 13.2 Å². The Labute approximate surface area is 513 Å². The van der Waals surface area contributed by atoms with E-state index in [9.17, 15) is 19.4 Å². The lowest BCUT2D eigenvalue weighted by Gasteiger charge is -2.30. The van der Waals surface area contributed by atoms with E-state index >= 15 is 0 Å². The van der Waals surface area contributed by atoms with Gasteiger partial charge in [-0.2, -0.15) is 0 Å². The number of hydrogen-bond acceptors (Lipinski definition) is 6. The average Bonchev–Trinajstić information content (AvgIpc) is 3.47. The Kier molecular flexibility index (Phi) is 63.7. The predicted octanol–water partition coefficient (Wildman–Crippen LogP) is 22.8. The minimum Gasteiger partial charge on any atom is -0.756 e. The maximum atomic E-state index is 13.1. The summed E-state index contributed by atoms with van der Waals surface area (Å²) in [6.07, 6.45) is 84.2. The largest absolute Gasteiger partial charge is 0.756 e. The minimum absolute atomic E-state index is 0.0148. The number of likely N-dealkylation sites (N-methyl/N-ethyl adjacent to an activating group) is 1. The van der Waals surface area contributed by atoms with Gasteiger partial charge in [0.2, 0.25) is 5.91 Å². The van der Waals surface area contributed by atoms with Crippen molar-refractivity contribution in [2.24, 2.45) is 0 Å². The van der Waals surface area contributed by atoms with Crippen molar-refractivity contribution >= 4 is 13.7 Å². The van der Waals surface area contributed by atoms with Crippen LogP contribution in [0.3, 0.4) is 0 Å². The molecule has 0 aliphatic heterocycles. The number of amides is 1. The lowest BCUT2D eigenvalue weighted by atomic mass is 10.0. The van der Waals surface area contributed by atoms with E-state index in [0.717, 1.165) is 44.9 Å². The summed E-state index contributed by atoms with van der Waals surface area (Å²) in [6.45, 7) is 4.79. The zero-order valence-corrected chi connectivity index (χ0v) is 56.9. The fourth-order valence-electron chi connectivity index (χ4n) is 11.5. The fraction of sp³-hybridized carbons (Fsp3) is 0.932. The van der Waals surface area contributed by atoms with Gasteiger partial charge in [0.25, 0.3) is 7.82 Å². The number of hydrogen-bond donors (Lipinski definition) is 2. The smallest absolute Gasteiger partial charge is 0.268 e. The van der Waals surface area contributed by atoms with Gasteiger partial charge >= 0.3 is 0 Å². The van der Waals surface area contributed by atoms with Crippen molar-refractivity contribution in [3.8, 4) is 0 Å². The number of nitrogens with one attached hydrogen (secondary N) is 1. The van der Waals surface area contributed by atoms with Crippen molar-refractivity contribution in [2.75, 3.05) is 40.9 Å². The minimum atomic E-state index is -4.58. The maximum Gasteiger partial charge on any atom is 0.268 e. The Morgan fingerprint density at radius 3 is 1.01 bits per heavy atom. The average molecular weight is 1180 g/mol. The number of carbonyl (C=O) groups is 1. The first-order chi connectivity index (χ1) is 40.0. The molecule has 3 atom stereocenters. The summed E-state index contributed by atoms with van der Waals surface area (Å²) in [4.78, 5) is 25.7. The first-order valence-corrected chi connectivity index (χ1v) is 38.1. The van der Waals surface area contributed by atoms with Gasteiger partial charge in [-0.1, -0.05) is 359 Å². The normalized spacial score (nSPS) is 13.7. The van der Waals surface area contributed by atoms with E-state index in [0.29, 0.717) is 23.9 Å². The van der Waals surface area contributed by atoms with Crippen LogP contribution >= 0.6 is 7.82 Å². The molecule has 9 heteroatoms. The van der Waals surface area contributed by atoms with Gasteiger partial charge in [-0.25, -0.2) is 0 Å². The molecule has 0 bridgehead atoms. The fourth-order valence-corrected chi connectivity index (χ4v) is 12.2. The van der Waals surface area contributed by atoms with Crippen molar-refractivity contribution in [2.45, 2.75) is 398 Å². The molecule has 0 fully saturated rings. The summed E-state index contributed by atoms with van der Waals surface area (Å²) < 4.78 is 23.5. The van der Waals surface area contributed by atoms with Crippen LogP contribution in [0.5, 0.6) is 0 Å². The number of quaternary nitrogens is 1. The van der Waals surface area contributed by atoms with E-state index in [1.165, 1.54) is 315 Å². The Bertz CT molecular complexity index is 1390. The summed E-state index contributed by atoms with van der Waals surface area (Å²) in [5.74, 6) is -0.157. The molecule has 0 aliphatic carbocycles. The van der Waals surface area contributed by atoms with Crippen LogP contribution in [0, 0.1) is 0 Å². The van der Waals surface area contributed by atoms with E-state index in [1.807, 2.05) is 21.1 Å². The second-order valence-corrected chi connectivity index (χ2v) is 28.1. The Morgan fingerprint density at radius 2 is 0.707 bits per heavy atom. The number of aliphatic hydroxyl groups is 1. The third-order valence-corrected chi connectivity index (χ3v) is 18.2. The van der Waals surface area contributed by atoms with E-state index in [1.54, 1.807) is 0 Å². The topological polar surface area (TPSA) is 108 Å². The van der Waals surface area contributed by atoms with Gasteiger partial charge in [0.05, 0.1) is 39.9 Å². The van der Waals surface area contributed by atoms with Crippen LogP contribution in [0.25, 0.3) is 0 Å². The van der Waals surface area contributed by atoms with Crippen LogP contribution in [0.15, 0.2) is 24.3 Å². The van der Waals surface area contributed by atoms with Gasteiger partial charge in [-0.05, 0) is 44.9 Å². The van der Waals surface area contributed by atoms with Gasteiger partial charge in [0.15, 0.2) is 0 Å². The molecule has 1 amide bonds. The molecule has 0 saturated heterocycles. The second-order valence-electron chi connectivity index (χ2n) is 26.7. The van der Waals surface area contributed by atoms with Crippen molar-refractivity contribution in [1.82, 2.24) is 5.32 Å². The molecule has 0 heterocycles. The summed E-state index contributed by atoms with van der Waals surface area (Å²) in [5, 5.41) is 14.1. The summed E-state index contributed by atoms with van der Waals surface area (Å²) >= 11 is 0. The number of carbonyl (C=O) groups excluding carboxylic acids is 1. The van der Waals surface area contributed by atoms with Crippen molar-refractivity contribution in [3.05, 3.63) is 24.3 Å². The van der Waals surface area contributed by atoms with E-state index in [4.69, 9.17) is 9.05 Å². The number of phosphoric acid groups is 1. The highest BCUT2D eigenvalue weighted by molar-refractivity contribution is 7.45. The summed E-state index contributed by atoms with van der Waals surface area (Å²) in [5.41, 5.74) is 0. The van der Waals surface area contributed by atoms with Crippen LogP contribution in [0.4, 0.5) is 0 Å². The highest BCUT2D eigenvalue weighted by Gasteiger charge is 2.24. The molecule has 3 unspecified atom stereocenters. The first-order valence-electron chi connectivity index (χ1n) is 36.7. The quantitative estimate of drug-likeness (QED) is 0.0272. The van der Waals surface area contributed by atoms with E-state index in [-0.39, 0.29) is 19.1 Å². The van der Waals surface area contributed by atoms with Gasteiger partial charge in [-0.3, -0.25) is 9.36 Å². The molecule has 2 N–H and O–H groups in total. The number of unbranched alkanes of at least 4 members (excludes halogenated alkanes) is 52. The molecular weight excluding hydrogens is 1030 g/mol. The molecule has 0 aromatic heterocycles. The van der Waals surface area contributed by atoms with Gasteiger partial charge in [-0.15, -0.1) is 0 Å². The van der Waals surface area contributed by atoms with Crippen LogP contribution in [-0.2, 0) is 18.4 Å². The summed E-state index contributed by atoms with van der Waals surface area (Å²) in [7, 11) is 1.32. The van der Waals surface area contributed by atoms with Crippen molar-refractivity contribution < 1.29 is 32.9 Å². The van der Waals surface area contributed by atoms with Crippen molar-refractivity contribution in [1.29, 1.82) is 0 Å². The first kappa shape index (κ1) is 81.0. The van der Waals surface area contributed by atoms with Crippen LogP contribution < -0.4 is 10.2 Å². The number of phosphoric ester groups is 1. The molecular formula is C73H145N2O6P. The molecule has 0 aliphatic rings. The molecule has 0 aromatic rings. The Balaban J connectivity index is 3.94. The Morgan fingerprint density at radius 1 is 0.427 bits per heavy atom. The third kappa shape index (κ3) is 66.5. The highest BCUT2D eigenvalue weighted by Crippen LogP contribution is 2.38. The molecule has 0 aromatic carbocycles. The van der Waals surface area contributed by atoms with Crippen molar-refractivity contribution in [3.63, 3.8) is 0 Å². The molecule has 8 nitrogen and oxygen atoms in total. The van der Waals surface area contributed by atoms with Crippen LogP contribution in [-0.4, -0.2) is 68.5 Å². The molecule has 0 rings (SSSR count). The SMILES string of the molecule is CCCCCCCCCCCCCCC/C=C\C/C=C\CCCCCCCCCCCCCCCCCCCC(=O)NC(COP(=O)([O-])OCC[N+](C)(C)C)C(O)CCCCCCCCCCCCCCCCCCCCCCCCC. The Hall–Kier alpha value is -1.02. The van der Waals surface area contributed by atoms with E-state index in [2.05, 4.69) is 43.5 Å². The molecule has 488 valence electrons. The highest BCUT2D eigenvalue weighted by atomic mass is 31.2. The maximum absolute atomic E-state index is 13.1. The molecule has 82 heavy (non-hydrogen) atoms. The predicted molar refractivity (Wildman–Crippen MR) is 358 cm³/mol. The standard InChI is InChI=1S/C73H145N2O6P/c1-6-8-10-12-14-16-18-20-22-24-26-28-30-31-32-33-34-35-36-37-38-39-40-41-42-43-45-47-49-51-53-55-57-59-61-63-65-67-73(77)74-71(70-81-82(78,79)80-69-68-75(3,4)5)72(76)66-64-62-60-58-56-54-52-50-48-46-44-29-27-25-23-21-19-17-15-13-11-9-7-2/h32-33,35-36,71-72,76H,6-31,34,37-70H2,1-5H3,(H-,74,77,78,79)/b33-32-,36-35-. The van der Waals surface area contributed by atoms with Crippen LogP contribution in [0.1, 0.15) is 386 Å². The summed E-state index contributed by atoms with van der Waals surface area (Å²) in [6, 6.07) is -0.800. The third-order valence-electron chi connectivity index (χ3n) is 17.2. The molecule has 0 radical (unpaired) electrons. The number of rotatable bonds is 69. The monoisotopic (exact) mass is 1180 g/mol. The van der Waals surface area contributed by atoms with Gasteiger partial charge in [0, 0.05) is 6.42 Å². The zero-order valence-electron chi connectivity index (χ0n) is 56.0. The molecule has 0 saturated carbocycles. The lowest BCUT2D eigenvalue weighted by Crippen LogP contribution is -2.46. The van der Waals surface area contributed by atoms with Gasteiger partial charge < -0.3 is 28.8 Å². The zero-order chi connectivity index (χ0) is 59.8. The van der Waals surface area contributed by atoms with Crippen LogP contribution in [0.2, 0.25) is 0 Å². The lowest BCUT2D eigenvalue weighted by molar-refractivity contribution is -0.870. The number of nitrogens with zero attached hydrogens (tertiary/aromatic N) is 1. The van der Waals surface area contributed by atoms with E-state index < -0.39 is 20.0 Å². The molecule has 0 spiro atoms. The second kappa shape index (κ2) is 64.5. The number of allylic oxidation sites excluding steroid dienone is 4. The number of aliphatic hydroxyl groups excluding tert-OH is 1.